The first-order chi connectivity index (χ1) is 11.1. The number of anilines is 1. The van der Waals surface area contributed by atoms with Crippen LogP contribution in [0.2, 0.25) is 0 Å². The summed E-state index contributed by atoms with van der Waals surface area (Å²) in [6.07, 6.45) is 2.56. The predicted octanol–water partition coefficient (Wildman–Crippen LogP) is 3.33. The van der Waals surface area contributed by atoms with Crippen LogP contribution in [0.25, 0.3) is 0 Å². The minimum atomic E-state index is -0.171. The third-order valence-corrected chi connectivity index (χ3v) is 4.27. The summed E-state index contributed by atoms with van der Waals surface area (Å²) in [5.74, 6) is 1.52. The highest BCUT2D eigenvalue weighted by molar-refractivity contribution is 5.89. The Morgan fingerprint density at radius 3 is 3.04 bits per heavy atom. The van der Waals surface area contributed by atoms with E-state index in [-0.39, 0.29) is 6.03 Å². The van der Waals surface area contributed by atoms with Gasteiger partial charge in [0, 0.05) is 30.9 Å². The molecule has 0 spiro atoms. The van der Waals surface area contributed by atoms with E-state index < -0.39 is 0 Å². The molecule has 5 heteroatoms. The molecule has 1 saturated heterocycles. The number of carbonyl (C=O) groups is 1. The van der Waals surface area contributed by atoms with E-state index in [2.05, 4.69) is 29.4 Å². The van der Waals surface area contributed by atoms with E-state index in [1.807, 2.05) is 31.2 Å². The van der Waals surface area contributed by atoms with Crippen LogP contribution in [0.1, 0.15) is 33.6 Å². The Bertz CT molecular complexity index is 507. The van der Waals surface area contributed by atoms with Crippen molar-refractivity contribution in [3.8, 4) is 5.75 Å². The maximum absolute atomic E-state index is 12.1. The second-order valence-corrected chi connectivity index (χ2v) is 6.39. The number of nitrogens with zero attached hydrogens (tertiary/aromatic N) is 1. The highest BCUT2D eigenvalue weighted by Crippen LogP contribution is 2.18. The molecule has 5 nitrogen and oxygen atoms in total. The molecule has 1 fully saturated rings. The Morgan fingerprint density at radius 2 is 2.30 bits per heavy atom. The van der Waals surface area contributed by atoms with Gasteiger partial charge in [0.1, 0.15) is 5.75 Å². The van der Waals surface area contributed by atoms with Crippen molar-refractivity contribution >= 4 is 11.7 Å². The molecule has 1 aromatic carbocycles. The molecular formula is C18H29N3O2. The van der Waals surface area contributed by atoms with Crippen LogP contribution in [0.3, 0.4) is 0 Å². The van der Waals surface area contributed by atoms with Crippen molar-refractivity contribution in [1.82, 2.24) is 10.2 Å². The second-order valence-electron chi connectivity index (χ2n) is 6.39. The summed E-state index contributed by atoms with van der Waals surface area (Å²) in [6.45, 7) is 9.94. The van der Waals surface area contributed by atoms with Gasteiger partial charge in [0.05, 0.1) is 6.61 Å². The third kappa shape index (κ3) is 5.75. The molecule has 2 unspecified atom stereocenters. The van der Waals surface area contributed by atoms with Gasteiger partial charge in [-0.3, -0.25) is 4.90 Å². The monoisotopic (exact) mass is 319 g/mol. The first kappa shape index (κ1) is 17.6. The minimum Gasteiger partial charge on any atom is -0.494 e. The Kier molecular flexibility index (Phi) is 6.71. The van der Waals surface area contributed by atoms with Crippen LogP contribution in [0.5, 0.6) is 5.75 Å². The standard InChI is InChI=1S/C18H29N3O2/c1-4-23-17-9-5-8-16(11-17)20-18(22)19-12-15(3)21-10-6-7-14(2)13-21/h5,8-9,11,14-15H,4,6-7,10,12-13H2,1-3H3,(H2,19,20,22). The summed E-state index contributed by atoms with van der Waals surface area (Å²) in [5, 5.41) is 5.82. The molecule has 0 bridgehead atoms. The van der Waals surface area contributed by atoms with E-state index in [1.165, 1.54) is 12.8 Å². The number of benzene rings is 1. The number of piperidine rings is 1. The molecule has 1 aliphatic heterocycles. The molecule has 0 aromatic heterocycles. The fraction of sp³-hybridized carbons (Fsp3) is 0.611. The van der Waals surface area contributed by atoms with Gasteiger partial charge in [0.2, 0.25) is 0 Å². The van der Waals surface area contributed by atoms with Crippen LogP contribution in [0.4, 0.5) is 10.5 Å². The number of hydrogen-bond donors (Lipinski definition) is 2. The number of rotatable bonds is 6. The Labute approximate surface area is 139 Å². The lowest BCUT2D eigenvalue weighted by molar-refractivity contribution is 0.138. The summed E-state index contributed by atoms with van der Waals surface area (Å²) >= 11 is 0. The van der Waals surface area contributed by atoms with Gasteiger partial charge in [-0.25, -0.2) is 4.79 Å². The molecule has 2 amide bonds. The van der Waals surface area contributed by atoms with Crippen LogP contribution < -0.4 is 15.4 Å². The first-order valence-electron chi connectivity index (χ1n) is 8.60. The molecule has 128 valence electrons. The van der Waals surface area contributed by atoms with Crippen LogP contribution >= 0.6 is 0 Å². The number of hydrogen-bond acceptors (Lipinski definition) is 3. The van der Waals surface area contributed by atoms with Crippen molar-refractivity contribution in [3.05, 3.63) is 24.3 Å². The quantitative estimate of drug-likeness (QED) is 0.845. The van der Waals surface area contributed by atoms with Crippen molar-refractivity contribution in [2.24, 2.45) is 5.92 Å². The number of carbonyl (C=O) groups excluding carboxylic acids is 1. The van der Waals surface area contributed by atoms with E-state index >= 15 is 0 Å². The fourth-order valence-electron chi connectivity index (χ4n) is 3.00. The smallest absolute Gasteiger partial charge is 0.319 e. The van der Waals surface area contributed by atoms with Gasteiger partial charge in [0.15, 0.2) is 0 Å². The van der Waals surface area contributed by atoms with E-state index in [4.69, 9.17) is 4.74 Å². The van der Waals surface area contributed by atoms with Crippen LogP contribution in [0.15, 0.2) is 24.3 Å². The SMILES string of the molecule is CCOc1cccc(NC(=O)NCC(C)N2CCCC(C)C2)c1. The van der Waals surface area contributed by atoms with Crippen molar-refractivity contribution < 1.29 is 9.53 Å². The van der Waals surface area contributed by atoms with Crippen LogP contribution in [0, 0.1) is 5.92 Å². The van der Waals surface area contributed by atoms with E-state index in [9.17, 15) is 4.79 Å². The highest BCUT2D eigenvalue weighted by Gasteiger charge is 2.21. The molecule has 1 aromatic rings. The number of likely N-dealkylation sites (tertiary alicyclic amines) is 1. The summed E-state index contributed by atoms with van der Waals surface area (Å²) < 4.78 is 5.44. The van der Waals surface area contributed by atoms with Gasteiger partial charge in [0.25, 0.3) is 0 Å². The van der Waals surface area contributed by atoms with Crippen molar-refractivity contribution in [2.75, 3.05) is 31.6 Å². The van der Waals surface area contributed by atoms with E-state index in [0.717, 1.165) is 30.4 Å². The normalized spacial score (nSPS) is 19.9. The van der Waals surface area contributed by atoms with E-state index in [1.54, 1.807) is 0 Å². The maximum Gasteiger partial charge on any atom is 0.319 e. The zero-order valence-corrected chi connectivity index (χ0v) is 14.5. The lowest BCUT2D eigenvalue weighted by Gasteiger charge is -2.35. The summed E-state index contributed by atoms with van der Waals surface area (Å²) in [5.41, 5.74) is 0.743. The number of urea groups is 1. The Hall–Kier alpha value is -1.75. The largest absolute Gasteiger partial charge is 0.494 e. The Morgan fingerprint density at radius 1 is 1.48 bits per heavy atom. The predicted molar refractivity (Wildman–Crippen MR) is 94.1 cm³/mol. The average molecular weight is 319 g/mol. The van der Waals surface area contributed by atoms with Crippen LogP contribution in [-0.2, 0) is 0 Å². The highest BCUT2D eigenvalue weighted by atomic mass is 16.5. The van der Waals surface area contributed by atoms with Crippen LogP contribution in [-0.4, -0.2) is 43.2 Å². The van der Waals surface area contributed by atoms with Gasteiger partial charge in [-0.15, -0.1) is 0 Å². The van der Waals surface area contributed by atoms with Gasteiger partial charge in [-0.1, -0.05) is 13.0 Å². The summed E-state index contributed by atoms with van der Waals surface area (Å²) in [6, 6.07) is 7.63. The number of ether oxygens (including phenoxy) is 1. The minimum absolute atomic E-state index is 0.171. The molecule has 2 N–H and O–H groups in total. The third-order valence-electron chi connectivity index (χ3n) is 4.27. The fourth-order valence-corrected chi connectivity index (χ4v) is 3.00. The maximum atomic E-state index is 12.1. The average Bonchev–Trinajstić information content (AvgIpc) is 2.53. The lowest BCUT2D eigenvalue weighted by atomic mass is 9.99. The van der Waals surface area contributed by atoms with E-state index in [0.29, 0.717) is 19.2 Å². The molecule has 2 rings (SSSR count). The lowest BCUT2D eigenvalue weighted by Crippen LogP contribution is -2.47. The molecule has 1 heterocycles. The Balaban J connectivity index is 1.77. The van der Waals surface area contributed by atoms with Gasteiger partial charge >= 0.3 is 6.03 Å². The number of nitrogens with one attached hydrogen (secondary N) is 2. The molecule has 0 saturated carbocycles. The van der Waals surface area contributed by atoms with Crippen molar-refractivity contribution in [1.29, 1.82) is 0 Å². The zero-order chi connectivity index (χ0) is 16.7. The van der Waals surface area contributed by atoms with Crippen molar-refractivity contribution in [2.45, 2.75) is 39.7 Å². The zero-order valence-electron chi connectivity index (χ0n) is 14.5. The molecule has 0 aliphatic carbocycles. The van der Waals surface area contributed by atoms with Gasteiger partial charge in [-0.2, -0.15) is 0 Å². The number of amides is 2. The summed E-state index contributed by atoms with van der Waals surface area (Å²) in [4.78, 5) is 14.5. The molecular weight excluding hydrogens is 290 g/mol. The van der Waals surface area contributed by atoms with Crippen molar-refractivity contribution in [3.63, 3.8) is 0 Å². The second kappa shape index (κ2) is 8.77. The molecule has 2 atom stereocenters. The topological polar surface area (TPSA) is 53.6 Å². The van der Waals surface area contributed by atoms with Gasteiger partial charge < -0.3 is 15.4 Å². The van der Waals surface area contributed by atoms with Gasteiger partial charge in [-0.05, 0) is 51.3 Å². The summed E-state index contributed by atoms with van der Waals surface area (Å²) in [7, 11) is 0. The molecule has 0 radical (unpaired) electrons. The first-order valence-corrected chi connectivity index (χ1v) is 8.60. The molecule has 1 aliphatic rings. The molecule has 23 heavy (non-hydrogen) atoms.